The topological polar surface area (TPSA) is 130 Å². The van der Waals surface area contributed by atoms with Gasteiger partial charge < -0.3 is 5.11 Å². The minimum atomic E-state index is -4.03. The molecule has 8 nitrogen and oxygen atoms in total. The first-order chi connectivity index (χ1) is 12.2. The lowest BCUT2D eigenvalue weighted by Gasteiger charge is -2.10. The van der Waals surface area contributed by atoms with Gasteiger partial charge in [-0.15, -0.1) is 0 Å². The fourth-order valence-corrected chi connectivity index (χ4v) is 4.72. The molecule has 0 radical (unpaired) electrons. The Balaban J connectivity index is 1.85. The molecule has 0 saturated heterocycles. The highest BCUT2D eigenvalue weighted by Crippen LogP contribution is 2.24. The average Bonchev–Trinajstić information content (AvgIpc) is 3.38. The summed E-state index contributed by atoms with van der Waals surface area (Å²) < 4.78 is 54.3. The lowest BCUT2D eigenvalue weighted by atomic mass is 10.2. The van der Waals surface area contributed by atoms with Gasteiger partial charge in [-0.2, -0.15) is 0 Å². The SMILES string of the molecule is O=C(O)c1ccc(NS(=O)(=O)c2cccc(S(=O)(=O)NC3CC3)c2)cc1. The van der Waals surface area contributed by atoms with E-state index in [-0.39, 0.29) is 27.1 Å². The van der Waals surface area contributed by atoms with Crippen LogP contribution in [0, 0.1) is 0 Å². The first-order valence-electron chi connectivity index (χ1n) is 7.66. The monoisotopic (exact) mass is 396 g/mol. The smallest absolute Gasteiger partial charge is 0.335 e. The molecule has 1 aliphatic carbocycles. The van der Waals surface area contributed by atoms with Crippen molar-refractivity contribution >= 4 is 31.7 Å². The molecule has 0 aromatic heterocycles. The summed E-state index contributed by atoms with van der Waals surface area (Å²) in [6.45, 7) is 0. The van der Waals surface area contributed by atoms with Gasteiger partial charge in [-0.25, -0.2) is 26.4 Å². The number of sulfonamides is 2. The second-order valence-electron chi connectivity index (χ2n) is 5.86. The standard InChI is InChI=1S/C16H16N2O6S2/c19-16(20)11-4-6-12(7-5-11)17-25(21,22)14-2-1-3-15(10-14)26(23,24)18-13-8-9-13/h1-7,10,13,17-18H,8-9H2,(H,19,20). The summed E-state index contributed by atoms with van der Waals surface area (Å²) in [5.74, 6) is -1.12. The maximum absolute atomic E-state index is 12.5. The summed E-state index contributed by atoms with van der Waals surface area (Å²) in [5, 5.41) is 8.86. The van der Waals surface area contributed by atoms with Gasteiger partial charge in [0.15, 0.2) is 0 Å². The summed E-state index contributed by atoms with van der Waals surface area (Å²) >= 11 is 0. The van der Waals surface area contributed by atoms with Crippen LogP contribution in [0.15, 0.2) is 58.3 Å². The molecule has 138 valence electrons. The Morgan fingerprint density at radius 2 is 1.50 bits per heavy atom. The van der Waals surface area contributed by atoms with Gasteiger partial charge in [-0.3, -0.25) is 4.72 Å². The number of carbonyl (C=O) groups is 1. The van der Waals surface area contributed by atoms with E-state index in [0.717, 1.165) is 18.9 Å². The van der Waals surface area contributed by atoms with Crippen molar-refractivity contribution in [3.8, 4) is 0 Å². The first-order valence-corrected chi connectivity index (χ1v) is 10.6. The minimum Gasteiger partial charge on any atom is -0.478 e. The van der Waals surface area contributed by atoms with Gasteiger partial charge in [0.2, 0.25) is 10.0 Å². The van der Waals surface area contributed by atoms with E-state index in [1.807, 2.05) is 0 Å². The molecule has 0 atom stereocenters. The van der Waals surface area contributed by atoms with Gasteiger partial charge in [-0.05, 0) is 55.3 Å². The van der Waals surface area contributed by atoms with Gasteiger partial charge in [0, 0.05) is 11.7 Å². The van der Waals surface area contributed by atoms with E-state index < -0.39 is 26.0 Å². The maximum atomic E-state index is 12.5. The quantitative estimate of drug-likeness (QED) is 0.652. The summed E-state index contributed by atoms with van der Waals surface area (Å²) in [6.07, 6.45) is 1.54. The van der Waals surface area contributed by atoms with Gasteiger partial charge in [0.1, 0.15) is 0 Å². The molecule has 0 unspecified atom stereocenters. The number of rotatable bonds is 7. The van der Waals surface area contributed by atoms with Crippen LogP contribution in [0.25, 0.3) is 0 Å². The summed E-state index contributed by atoms with van der Waals surface area (Å²) in [5.41, 5.74) is 0.187. The molecule has 2 aromatic rings. The van der Waals surface area contributed by atoms with Crippen molar-refractivity contribution in [3.63, 3.8) is 0 Å². The Morgan fingerprint density at radius 1 is 0.923 bits per heavy atom. The zero-order valence-corrected chi connectivity index (χ0v) is 15.0. The van der Waals surface area contributed by atoms with E-state index in [4.69, 9.17) is 5.11 Å². The van der Waals surface area contributed by atoms with E-state index in [2.05, 4.69) is 9.44 Å². The third-order valence-electron chi connectivity index (χ3n) is 3.71. The number of aromatic carboxylic acids is 1. The molecule has 3 rings (SSSR count). The Bertz CT molecular complexity index is 1040. The van der Waals surface area contributed by atoms with E-state index in [9.17, 15) is 21.6 Å². The zero-order valence-electron chi connectivity index (χ0n) is 13.4. The van der Waals surface area contributed by atoms with Gasteiger partial charge in [-0.1, -0.05) is 6.07 Å². The van der Waals surface area contributed by atoms with Crippen LogP contribution >= 0.6 is 0 Å². The van der Waals surface area contributed by atoms with Gasteiger partial charge >= 0.3 is 5.97 Å². The predicted molar refractivity (Wildman–Crippen MR) is 94.0 cm³/mol. The molecule has 1 fully saturated rings. The number of nitrogens with one attached hydrogen (secondary N) is 2. The molecule has 0 aliphatic heterocycles. The van der Waals surface area contributed by atoms with Crippen LogP contribution in [0.4, 0.5) is 5.69 Å². The number of benzene rings is 2. The lowest BCUT2D eigenvalue weighted by Crippen LogP contribution is -2.26. The molecule has 0 spiro atoms. The molecule has 3 N–H and O–H groups in total. The van der Waals surface area contributed by atoms with Gasteiger partial charge in [0.25, 0.3) is 10.0 Å². The summed E-state index contributed by atoms with van der Waals surface area (Å²) in [7, 11) is -7.81. The predicted octanol–water partition coefficient (Wildman–Crippen LogP) is 1.63. The Hall–Kier alpha value is -2.43. The molecule has 1 saturated carbocycles. The Morgan fingerprint density at radius 3 is 2.04 bits per heavy atom. The van der Waals surface area contributed by atoms with Crippen LogP contribution in [0.2, 0.25) is 0 Å². The molecular formula is C16H16N2O6S2. The molecular weight excluding hydrogens is 380 g/mol. The zero-order chi connectivity index (χ0) is 18.9. The number of hydrogen-bond acceptors (Lipinski definition) is 5. The van der Waals surface area contributed by atoms with Crippen LogP contribution in [-0.2, 0) is 20.0 Å². The molecule has 1 aliphatic rings. The van der Waals surface area contributed by atoms with Crippen molar-refractivity contribution in [2.24, 2.45) is 0 Å². The van der Waals surface area contributed by atoms with E-state index >= 15 is 0 Å². The van der Waals surface area contributed by atoms with Crippen molar-refractivity contribution in [1.29, 1.82) is 0 Å². The van der Waals surface area contributed by atoms with Crippen molar-refractivity contribution < 1.29 is 26.7 Å². The van der Waals surface area contributed by atoms with Crippen LogP contribution in [0.1, 0.15) is 23.2 Å². The van der Waals surface area contributed by atoms with Crippen molar-refractivity contribution in [2.75, 3.05) is 4.72 Å². The van der Waals surface area contributed by atoms with Crippen molar-refractivity contribution in [3.05, 3.63) is 54.1 Å². The van der Waals surface area contributed by atoms with E-state index in [1.54, 1.807) is 0 Å². The van der Waals surface area contributed by atoms with E-state index in [0.29, 0.717) is 0 Å². The molecule has 26 heavy (non-hydrogen) atoms. The fraction of sp³-hybridized carbons (Fsp3) is 0.188. The number of carboxylic acid groups (broad SMARTS) is 1. The number of anilines is 1. The third kappa shape index (κ3) is 4.21. The third-order valence-corrected chi connectivity index (χ3v) is 6.61. The normalized spacial score (nSPS) is 14.8. The van der Waals surface area contributed by atoms with Crippen LogP contribution in [-0.4, -0.2) is 34.0 Å². The second-order valence-corrected chi connectivity index (χ2v) is 9.25. The number of carboxylic acids is 1. The first kappa shape index (κ1) is 18.4. The summed E-state index contributed by atoms with van der Waals surface area (Å²) in [6, 6.07) is 10.1. The summed E-state index contributed by atoms with van der Waals surface area (Å²) in [4.78, 5) is 10.5. The average molecular weight is 396 g/mol. The van der Waals surface area contributed by atoms with Crippen LogP contribution in [0.3, 0.4) is 0 Å². The molecule has 0 amide bonds. The highest BCUT2D eigenvalue weighted by atomic mass is 32.2. The lowest BCUT2D eigenvalue weighted by molar-refractivity contribution is 0.0697. The Labute approximate surface area is 151 Å². The minimum absolute atomic E-state index is 0.0205. The maximum Gasteiger partial charge on any atom is 0.335 e. The second kappa shape index (κ2) is 6.71. The molecule has 0 bridgehead atoms. The van der Waals surface area contributed by atoms with E-state index in [1.165, 1.54) is 42.5 Å². The van der Waals surface area contributed by atoms with Crippen molar-refractivity contribution in [1.82, 2.24) is 4.72 Å². The molecule has 2 aromatic carbocycles. The highest BCUT2D eigenvalue weighted by molar-refractivity contribution is 7.93. The molecule has 0 heterocycles. The fourth-order valence-electron chi connectivity index (χ4n) is 2.19. The van der Waals surface area contributed by atoms with Gasteiger partial charge in [0.05, 0.1) is 15.4 Å². The van der Waals surface area contributed by atoms with Crippen LogP contribution < -0.4 is 9.44 Å². The number of hydrogen-bond donors (Lipinski definition) is 3. The Kier molecular flexibility index (Phi) is 4.74. The highest BCUT2D eigenvalue weighted by Gasteiger charge is 2.28. The molecule has 10 heteroatoms. The van der Waals surface area contributed by atoms with Crippen molar-refractivity contribution in [2.45, 2.75) is 28.7 Å². The largest absolute Gasteiger partial charge is 0.478 e. The van der Waals surface area contributed by atoms with Crippen LogP contribution in [0.5, 0.6) is 0 Å².